The Bertz CT molecular complexity index is 352. The number of carbonyl (C=O) groups excluding carboxylic acids is 2. The average Bonchev–Trinajstić information content (AvgIpc) is 2.30. The van der Waals surface area contributed by atoms with Gasteiger partial charge in [-0.1, -0.05) is 18.2 Å². The summed E-state index contributed by atoms with van der Waals surface area (Å²) in [4.78, 5) is 22.1. The Kier molecular flexibility index (Phi) is 5.01. The molecule has 0 saturated carbocycles. The summed E-state index contributed by atoms with van der Waals surface area (Å²) in [6, 6.07) is 9.11. The SMILES string of the molecule is COC(=O)CNCC(=O)Nc1ccccc1. The summed E-state index contributed by atoms with van der Waals surface area (Å²) in [7, 11) is 1.30. The minimum absolute atomic E-state index is 0.0265. The van der Waals surface area contributed by atoms with E-state index in [0.29, 0.717) is 0 Å². The maximum Gasteiger partial charge on any atom is 0.319 e. The maximum absolute atomic E-state index is 11.4. The van der Waals surface area contributed by atoms with E-state index in [9.17, 15) is 9.59 Å². The molecule has 5 heteroatoms. The predicted molar refractivity (Wildman–Crippen MR) is 60.0 cm³/mol. The number of anilines is 1. The number of para-hydroxylation sites is 1. The molecule has 2 N–H and O–H groups in total. The summed E-state index contributed by atoms with van der Waals surface area (Å²) in [5, 5.41) is 5.35. The van der Waals surface area contributed by atoms with Crippen LogP contribution in [0.4, 0.5) is 5.69 Å². The molecule has 0 bridgehead atoms. The van der Waals surface area contributed by atoms with Crippen molar-refractivity contribution < 1.29 is 14.3 Å². The second kappa shape index (κ2) is 6.58. The molecule has 16 heavy (non-hydrogen) atoms. The molecule has 0 spiro atoms. The van der Waals surface area contributed by atoms with E-state index in [1.54, 1.807) is 12.1 Å². The van der Waals surface area contributed by atoms with E-state index in [4.69, 9.17) is 0 Å². The third-order valence-corrected chi connectivity index (χ3v) is 1.84. The number of esters is 1. The van der Waals surface area contributed by atoms with Gasteiger partial charge < -0.3 is 10.1 Å². The minimum Gasteiger partial charge on any atom is -0.468 e. The molecule has 5 nitrogen and oxygen atoms in total. The van der Waals surface area contributed by atoms with Gasteiger partial charge in [-0.05, 0) is 12.1 Å². The van der Waals surface area contributed by atoms with Gasteiger partial charge in [-0.15, -0.1) is 0 Å². The maximum atomic E-state index is 11.4. The van der Waals surface area contributed by atoms with E-state index >= 15 is 0 Å². The summed E-state index contributed by atoms with van der Waals surface area (Å²) >= 11 is 0. The molecule has 1 aromatic rings. The largest absolute Gasteiger partial charge is 0.468 e. The van der Waals surface area contributed by atoms with Crippen LogP contribution in [0.5, 0.6) is 0 Å². The number of benzene rings is 1. The highest BCUT2D eigenvalue weighted by molar-refractivity contribution is 5.92. The molecule has 0 aliphatic carbocycles. The van der Waals surface area contributed by atoms with E-state index in [-0.39, 0.29) is 19.0 Å². The van der Waals surface area contributed by atoms with Crippen molar-refractivity contribution in [2.24, 2.45) is 0 Å². The normalized spacial score (nSPS) is 9.56. The Morgan fingerprint density at radius 2 is 1.88 bits per heavy atom. The van der Waals surface area contributed by atoms with Gasteiger partial charge in [-0.25, -0.2) is 0 Å². The van der Waals surface area contributed by atoms with Gasteiger partial charge in [0.25, 0.3) is 0 Å². The number of nitrogens with one attached hydrogen (secondary N) is 2. The first-order chi connectivity index (χ1) is 7.72. The summed E-state index contributed by atoms with van der Waals surface area (Å²) in [6.45, 7) is 0.0999. The number of carbonyl (C=O) groups is 2. The summed E-state index contributed by atoms with van der Waals surface area (Å²) in [5.41, 5.74) is 0.729. The number of methoxy groups -OCH3 is 1. The van der Waals surface area contributed by atoms with E-state index < -0.39 is 5.97 Å². The fourth-order valence-electron chi connectivity index (χ4n) is 1.08. The Balaban J connectivity index is 2.24. The topological polar surface area (TPSA) is 67.4 Å². The Morgan fingerprint density at radius 3 is 2.50 bits per heavy atom. The van der Waals surface area contributed by atoms with E-state index in [2.05, 4.69) is 15.4 Å². The standard InChI is InChI=1S/C11H14N2O3/c1-16-11(15)8-12-7-10(14)13-9-5-3-2-4-6-9/h2-6,12H,7-8H2,1H3,(H,13,14). The van der Waals surface area contributed by atoms with Gasteiger partial charge >= 0.3 is 5.97 Å². The van der Waals surface area contributed by atoms with Crippen LogP contribution in [0.15, 0.2) is 30.3 Å². The molecule has 0 unspecified atom stereocenters. The van der Waals surface area contributed by atoms with Crippen LogP contribution in [-0.4, -0.2) is 32.1 Å². The van der Waals surface area contributed by atoms with Crippen LogP contribution in [-0.2, 0) is 14.3 Å². The van der Waals surface area contributed by atoms with Crippen molar-refractivity contribution >= 4 is 17.6 Å². The van der Waals surface area contributed by atoms with Gasteiger partial charge in [0, 0.05) is 5.69 Å². The van der Waals surface area contributed by atoms with E-state index in [0.717, 1.165) is 5.69 Å². The lowest BCUT2D eigenvalue weighted by atomic mass is 10.3. The molecule has 0 atom stereocenters. The van der Waals surface area contributed by atoms with Gasteiger partial charge in [-0.3, -0.25) is 14.9 Å². The van der Waals surface area contributed by atoms with Crippen LogP contribution >= 0.6 is 0 Å². The lowest BCUT2D eigenvalue weighted by Crippen LogP contribution is -2.32. The number of rotatable bonds is 5. The summed E-state index contributed by atoms with van der Waals surface area (Å²) < 4.78 is 4.42. The zero-order chi connectivity index (χ0) is 11.8. The Morgan fingerprint density at radius 1 is 1.19 bits per heavy atom. The lowest BCUT2D eigenvalue weighted by molar-refractivity contribution is -0.139. The van der Waals surface area contributed by atoms with Gasteiger partial charge in [0.05, 0.1) is 20.2 Å². The van der Waals surface area contributed by atoms with Crippen molar-refractivity contribution in [3.8, 4) is 0 Å². The number of hydrogen-bond donors (Lipinski definition) is 2. The van der Waals surface area contributed by atoms with Crippen LogP contribution in [0.3, 0.4) is 0 Å². The summed E-state index contributed by atoms with van der Waals surface area (Å²) in [6.07, 6.45) is 0. The minimum atomic E-state index is -0.396. The van der Waals surface area contributed by atoms with Crippen molar-refractivity contribution in [2.45, 2.75) is 0 Å². The molecule has 1 amide bonds. The van der Waals surface area contributed by atoms with Crippen LogP contribution in [0.2, 0.25) is 0 Å². The highest BCUT2D eigenvalue weighted by Crippen LogP contribution is 2.03. The first kappa shape index (κ1) is 12.2. The molecule has 0 aliphatic heterocycles. The van der Waals surface area contributed by atoms with Crippen molar-refractivity contribution in [3.63, 3.8) is 0 Å². The van der Waals surface area contributed by atoms with Gasteiger partial charge in [0.15, 0.2) is 0 Å². The zero-order valence-electron chi connectivity index (χ0n) is 9.03. The number of ether oxygens (including phenoxy) is 1. The van der Waals surface area contributed by atoms with Crippen molar-refractivity contribution in [3.05, 3.63) is 30.3 Å². The van der Waals surface area contributed by atoms with Gasteiger partial charge in [0.1, 0.15) is 0 Å². The molecular weight excluding hydrogens is 208 g/mol. The first-order valence-electron chi connectivity index (χ1n) is 4.85. The zero-order valence-corrected chi connectivity index (χ0v) is 9.03. The van der Waals surface area contributed by atoms with Gasteiger partial charge in [0.2, 0.25) is 5.91 Å². The van der Waals surface area contributed by atoms with E-state index in [1.807, 2.05) is 18.2 Å². The smallest absolute Gasteiger partial charge is 0.319 e. The molecule has 0 aliphatic rings. The highest BCUT2D eigenvalue weighted by atomic mass is 16.5. The van der Waals surface area contributed by atoms with Crippen LogP contribution in [0, 0.1) is 0 Å². The molecular formula is C11H14N2O3. The number of amides is 1. The molecule has 0 radical (unpaired) electrons. The Hall–Kier alpha value is -1.88. The Labute approximate surface area is 93.8 Å². The van der Waals surface area contributed by atoms with Crippen molar-refractivity contribution in [1.82, 2.24) is 5.32 Å². The molecule has 0 saturated heterocycles. The molecule has 0 heterocycles. The van der Waals surface area contributed by atoms with Crippen LogP contribution in [0.1, 0.15) is 0 Å². The molecule has 86 valence electrons. The molecule has 0 fully saturated rings. The van der Waals surface area contributed by atoms with Gasteiger partial charge in [-0.2, -0.15) is 0 Å². The molecule has 1 rings (SSSR count). The predicted octanol–water partition coefficient (Wildman–Crippen LogP) is 0.388. The van der Waals surface area contributed by atoms with E-state index in [1.165, 1.54) is 7.11 Å². The quantitative estimate of drug-likeness (QED) is 0.707. The third kappa shape index (κ3) is 4.56. The second-order valence-electron chi connectivity index (χ2n) is 3.09. The second-order valence-corrected chi connectivity index (χ2v) is 3.09. The van der Waals surface area contributed by atoms with Crippen molar-refractivity contribution in [1.29, 1.82) is 0 Å². The monoisotopic (exact) mass is 222 g/mol. The lowest BCUT2D eigenvalue weighted by Gasteiger charge is -2.05. The molecule has 1 aromatic carbocycles. The highest BCUT2D eigenvalue weighted by Gasteiger charge is 2.03. The first-order valence-corrected chi connectivity index (χ1v) is 4.85. The molecule has 0 aromatic heterocycles. The average molecular weight is 222 g/mol. The summed E-state index contributed by atoms with van der Waals surface area (Å²) in [5.74, 6) is -0.595. The van der Waals surface area contributed by atoms with Crippen LogP contribution in [0.25, 0.3) is 0 Å². The van der Waals surface area contributed by atoms with Crippen molar-refractivity contribution in [2.75, 3.05) is 25.5 Å². The fourth-order valence-corrected chi connectivity index (χ4v) is 1.08. The fraction of sp³-hybridized carbons (Fsp3) is 0.273. The number of hydrogen-bond acceptors (Lipinski definition) is 4. The third-order valence-electron chi connectivity index (χ3n) is 1.84. The van der Waals surface area contributed by atoms with Crippen LogP contribution < -0.4 is 10.6 Å².